The summed E-state index contributed by atoms with van der Waals surface area (Å²) in [5, 5.41) is 9.95. The summed E-state index contributed by atoms with van der Waals surface area (Å²) in [5.74, 6) is -0.861. The molecule has 27 heavy (non-hydrogen) atoms. The number of hydrogen-bond acceptors (Lipinski definition) is 3. The van der Waals surface area contributed by atoms with Crippen LogP contribution in [0.5, 0.6) is 0 Å². The normalized spacial score (nSPS) is 14.4. The van der Waals surface area contributed by atoms with Gasteiger partial charge in [0.1, 0.15) is 5.82 Å². The Bertz CT molecular complexity index is 1030. The zero-order valence-corrected chi connectivity index (χ0v) is 15.6. The monoisotopic (exact) mass is 387 g/mol. The van der Waals surface area contributed by atoms with E-state index >= 15 is 0 Å². The lowest BCUT2D eigenvalue weighted by Crippen LogP contribution is -2.31. The third-order valence-electron chi connectivity index (χ3n) is 5.11. The summed E-state index contributed by atoms with van der Waals surface area (Å²) < 4.78 is 16.7. The van der Waals surface area contributed by atoms with Gasteiger partial charge in [-0.25, -0.2) is 9.87 Å². The first-order valence-corrected chi connectivity index (χ1v) is 9.06. The molecule has 1 aliphatic heterocycles. The fourth-order valence-corrected chi connectivity index (χ4v) is 4.02. The molecule has 0 spiro atoms. The van der Waals surface area contributed by atoms with Gasteiger partial charge in [-0.2, -0.15) is 0 Å². The van der Waals surface area contributed by atoms with Crippen LogP contribution in [0.1, 0.15) is 27.2 Å². The number of aromatic nitrogens is 1. The third-order valence-corrected chi connectivity index (χ3v) is 5.33. The average Bonchev–Trinajstić information content (AvgIpc) is 2.94. The molecule has 0 radical (unpaired) electrons. The van der Waals surface area contributed by atoms with Crippen molar-refractivity contribution in [2.24, 2.45) is 0 Å². The van der Waals surface area contributed by atoms with Crippen LogP contribution in [0, 0.1) is 5.82 Å². The van der Waals surface area contributed by atoms with E-state index in [0.29, 0.717) is 29.2 Å². The average molecular weight is 388 g/mol. The minimum atomic E-state index is -0.551. The molecule has 5 nitrogen and oxygen atoms in total. The predicted molar refractivity (Wildman–Crippen MR) is 102 cm³/mol. The molecule has 7 heteroatoms. The van der Waals surface area contributed by atoms with Crippen LogP contribution in [-0.4, -0.2) is 34.2 Å². The Kier molecular flexibility index (Phi) is 4.63. The molecule has 0 bridgehead atoms. The number of hydrogen-bond donors (Lipinski definition) is 2. The van der Waals surface area contributed by atoms with E-state index in [-0.39, 0.29) is 5.82 Å². The Morgan fingerprint density at radius 2 is 2.04 bits per heavy atom. The van der Waals surface area contributed by atoms with Crippen molar-refractivity contribution in [3.05, 3.63) is 69.6 Å². The molecule has 2 heterocycles. The van der Waals surface area contributed by atoms with Crippen LogP contribution in [0.15, 0.2) is 36.4 Å². The Morgan fingerprint density at radius 1 is 1.30 bits per heavy atom. The molecule has 1 aliphatic rings. The number of halogens is 2. The highest BCUT2D eigenvalue weighted by Crippen LogP contribution is 2.34. The van der Waals surface area contributed by atoms with E-state index in [2.05, 4.69) is 4.90 Å². The van der Waals surface area contributed by atoms with Gasteiger partial charge in [0.15, 0.2) is 0 Å². The maximum atomic E-state index is 14.7. The number of carbonyl (C=O) groups is 1. The second-order valence-electron chi connectivity index (χ2n) is 6.92. The minimum absolute atomic E-state index is 0.310. The highest BCUT2D eigenvalue weighted by Gasteiger charge is 2.24. The standard InChI is InChI=1S/C20H19ClFN3O2/c1-24-7-6-18-15(8-12-2-4-13(5-3-12)20(26)23-27)16-9-14(21)10-17(22)19(16)25(18)11-24/h2-5,9-10,27H,6-8,11H2,1H3,(H,23,26). The lowest BCUT2D eigenvalue weighted by molar-refractivity contribution is 0.0706. The molecule has 4 rings (SSSR count). The SMILES string of the molecule is CN1CCc2c(Cc3ccc(C(=O)NO)cc3)c3cc(Cl)cc(F)c3n2C1. The molecule has 3 aromatic rings. The molecular weight excluding hydrogens is 369 g/mol. The van der Waals surface area contributed by atoms with Gasteiger partial charge in [-0.15, -0.1) is 0 Å². The van der Waals surface area contributed by atoms with Crippen molar-refractivity contribution in [3.63, 3.8) is 0 Å². The molecule has 0 atom stereocenters. The summed E-state index contributed by atoms with van der Waals surface area (Å²) >= 11 is 6.13. The fraction of sp³-hybridized carbons (Fsp3) is 0.250. The number of hydroxylamine groups is 1. The van der Waals surface area contributed by atoms with E-state index in [1.807, 2.05) is 29.8 Å². The Balaban J connectivity index is 1.80. The fourth-order valence-electron chi connectivity index (χ4n) is 3.81. The number of benzene rings is 2. The number of carbonyl (C=O) groups excluding carboxylic acids is 1. The van der Waals surface area contributed by atoms with Gasteiger partial charge in [-0.3, -0.25) is 14.9 Å². The summed E-state index contributed by atoms with van der Waals surface area (Å²) in [6.07, 6.45) is 1.45. The van der Waals surface area contributed by atoms with Crippen molar-refractivity contribution in [3.8, 4) is 0 Å². The molecule has 1 amide bonds. The second-order valence-corrected chi connectivity index (χ2v) is 7.36. The minimum Gasteiger partial charge on any atom is -0.328 e. The number of likely N-dealkylation sites (N-methyl/N-ethyl adjacent to an activating group) is 1. The van der Waals surface area contributed by atoms with Crippen LogP contribution in [-0.2, 0) is 19.5 Å². The Hall–Kier alpha value is -2.41. The van der Waals surface area contributed by atoms with Gasteiger partial charge in [0.25, 0.3) is 5.91 Å². The quantitative estimate of drug-likeness (QED) is 0.533. The van der Waals surface area contributed by atoms with Crippen LogP contribution in [0.3, 0.4) is 0 Å². The van der Waals surface area contributed by atoms with Crippen molar-refractivity contribution < 1.29 is 14.4 Å². The summed E-state index contributed by atoms with van der Waals surface area (Å²) in [4.78, 5) is 13.6. The number of nitrogens with zero attached hydrogens (tertiary/aromatic N) is 2. The molecule has 0 saturated carbocycles. The van der Waals surface area contributed by atoms with Crippen molar-refractivity contribution >= 4 is 28.4 Å². The summed E-state index contributed by atoms with van der Waals surface area (Å²) in [6.45, 7) is 1.55. The summed E-state index contributed by atoms with van der Waals surface area (Å²) in [5.41, 5.74) is 5.78. The Morgan fingerprint density at radius 3 is 2.74 bits per heavy atom. The molecule has 0 unspecified atom stereocenters. The number of rotatable bonds is 3. The predicted octanol–water partition coefficient (Wildman–Crippen LogP) is 3.59. The van der Waals surface area contributed by atoms with Gasteiger partial charge in [0.2, 0.25) is 0 Å². The van der Waals surface area contributed by atoms with Gasteiger partial charge >= 0.3 is 0 Å². The maximum Gasteiger partial charge on any atom is 0.274 e. The van der Waals surface area contributed by atoms with Crippen molar-refractivity contribution in [2.45, 2.75) is 19.5 Å². The molecule has 2 N–H and O–H groups in total. The molecule has 0 fully saturated rings. The van der Waals surface area contributed by atoms with E-state index in [1.54, 1.807) is 17.6 Å². The molecule has 140 valence electrons. The lowest BCUT2D eigenvalue weighted by atomic mass is 9.99. The van der Waals surface area contributed by atoms with Crippen molar-refractivity contribution in [2.75, 3.05) is 13.6 Å². The van der Waals surface area contributed by atoms with Crippen LogP contribution in [0.25, 0.3) is 10.9 Å². The topological polar surface area (TPSA) is 57.5 Å². The first-order chi connectivity index (χ1) is 13.0. The van der Waals surface area contributed by atoms with E-state index in [0.717, 1.165) is 35.2 Å². The van der Waals surface area contributed by atoms with Crippen LogP contribution in [0.2, 0.25) is 5.02 Å². The highest BCUT2D eigenvalue weighted by atomic mass is 35.5. The van der Waals surface area contributed by atoms with Gasteiger partial charge in [-0.1, -0.05) is 23.7 Å². The zero-order chi connectivity index (χ0) is 19.1. The van der Waals surface area contributed by atoms with Gasteiger partial charge in [0.05, 0.1) is 12.2 Å². The summed E-state index contributed by atoms with van der Waals surface area (Å²) in [6, 6.07) is 10.2. The Labute approximate surface area is 160 Å². The van der Waals surface area contributed by atoms with E-state index in [4.69, 9.17) is 16.8 Å². The van der Waals surface area contributed by atoms with Crippen molar-refractivity contribution in [1.82, 2.24) is 14.9 Å². The smallest absolute Gasteiger partial charge is 0.274 e. The van der Waals surface area contributed by atoms with E-state index < -0.39 is 5.91 Å². The lowest BCUT2D eigenvalue weighted by Gasteiger charge is -2.26. The number of fused-ring (bicyclic) bond motifs is 3. The number of amides is 1. The zero-order valence-electron chi connectivity index (χ0n) is 14.8. The first kappa shape index (κ1) is 18.0. The highest BCUT2D eigenvalue weighted by molar-refractivity contribution is 6.31. The first-order valence-electron chi connectivity index (χ1n) is 8.69. The van der Waals surface area contributed by atoms with Crippen molar-refractivity contribution in [1.29, 1.82) is 0 Å². The van der Waals surface area contributed by atoms with Crippen LogP contribution < -0.4 is 5.48 Å². The van der Waals surface area contributed by atoms with Gasteiger partial charge in [0, 0.05) is 34.6 Å². The molecule has 1 aromatic heterocycles. The van der Waals surface area contributed by atoms with E-state index in [9.17, 15) is 9.18 Å². The van der Waals surface area contributed by atoms with Gasteiger partial charge < -0.3 is 4.57 Å². The second kappa shape index (κ2) is 6.96. The molecule has 0 aliphatic carbocycles. The molecular formula is C20H19ClFN3O2. The third kappa shape index (κ3) is 3.20. The summed E-state index contributed by atoms with van der Waals surface area (Å²) in [7, 11) is 2.02. The number of nitrogens with one attached hydrogen (secondary N) is 1. The largest absolute Gasteiger partial charge is 0.328 e. The van der Waals surface area contributed by atoms with Crippen LogP contribution >= 0.6 is 11.6 Å². The van der Waals surface area contributed by atoms with Gasteiger partial charge in [-0.05, 0) is 48.9 Å². The van der Waals surface area contributed by atoms with Crippen LogP contribution in [0.4, 0.5) is 4.39 Å². The maximum absolute atomic E-state index is 14.7. The molecule has 2 aromatic carbocycles. The molecule has 0 saturated heterocycles. The van der Waals surface area contributed by atoms with E-state index in [1.165, 1.54) is 6.07 Å².